The minimum Gasteiger partial charge on any atom is -0.508 e. The van der Waals surface area contributed by atoms with Crippen LogP contribution in [0, 0.1) is 5.82 Å². The van der Waals surface area contributed by atoms with E-state index in [0.29, 0.717) is 21.9 Å². The van der Waals surface area contributed by atoms with Gasteiger partial charge in [-0.2, -0.15) is 0 Å². The van der Waals surface area contributed by atoms with Gasteiger partial charge in [-0.05, 0) is 42.5 Å². The fourth-order valence-corrected chi connectivity index (χ4v) is 3.51. The summed E-state index contributed by atoms with van der Waals surface area (Å²) >= 11 is 1.06. The van der Waals surface area contributed by atoms with Crippen LogP contribution in [0.2, 0.25) is 0 Å². The number of nitrogens with zero attached hydrogens (tertiary/aromatic N) is 1. The largest absolute Gasteiger partial charge is 0.508 e. The first-order valence-corrected chi connectivity index (χ1v) is 8.87. The predicted octanol–water partition coefficient (Wildman–Crippen LogP) is 4.34. The standard InChI is InChI=1S/C20H16FNO5S/c1-26-15-10-14(23)8-3-11(15)9-16-18(24)17(20(25)27-2)19(28-16)22-13-6-4-12(21)5-7-13/h3-10,23-24H,1-2H3. The average molecular weight is 401 g/mol. The molecule has 0 aliphatic carbocycles. The highest BCUT2D eigenvalue weighted by atomic mass is 32.2. The summed E-state index contributed by atoms with van der Waals surface area (Å²) in [6.45, 7) is 0. The van der Waals surface area contributed by atoms with E-state index in [4.69, 9.17) is 9.47 Å². The fourth-order valence-electron chi connectivity index (χ4n) is 2.48. The summed E-state index contributed by atoms with van der Waals surface area (Å²) in [5.74, 6) is -1.01. The topological polar surface area (TPSA) is 88.4 Å². The molecule has 8 heteroatoms. The molecule has 6 nitrogen and oxygen atoms in total. The van der Waals surface area contributed by atoms with Crippen molar-refractivity contribution >= 4 is 34.5 Å². The Balaban J connectivity index is 2.06. The Kier molecular flexibility index (Phi) is 5.70. The summed E-state index contributed by atoms with van der Waals surface area (Å²) in [6.07, 6.45) is 1.61. The van der Waals surface area contributed by atoms with Crippen molar-refractivity contribution in [1.29, 1.82) is 0 Å². The predicted molar refractivity (Wildman–Crippen MR) is 105 cm³/mol. The minimum atomic E-state index is -0.744. The number of halogens is 1. The molecule has 2 N–H and O–H groups in total. The Bertz CT molecular complexity index is 1010. The van der Waals surface area contributed by atoms with Crippen molar-refractivity contribution in [3.05, 3.63) is 70.1 Å². The summed E-state index contributed by atoms with van der Waals surface area (Å²) in [7, 11) is 2.66. The van der Waals surface area contributed by atoms with Gasteiger partial charge in [0, 0.05) is 11.6 Å². The number of thioether (sulfide) groups is 1. The number of phenolic OH excluding ortho intramolecular Hbond substituents is 1. The Labute approximate surface area is 164 Å². The van der Waals surface area contributed by atoms with Gasteiger partial charge < -0.3 is 19.7 Å². The van der Waals surface area contributed by atoms with Crippen molar-refractivity contribution in [1.82, 2.24) is 0 Å². The molecule has 2 aromatic carbocycles. The maximum atomic E-state index is 13.1. The van der Waals surface area contributed by atoms with Gasteiger partial charge in [0.05, 0.1) is 24.8 Å². The molecular formula is C20H16FNO5S. The number of aliphatic imine (C=N–C) groups is 1. The smallest absolute Gasteiger partial charge is 0.344 e. The van der Waals surface area contributed by atoms with Gasteiger partial charge in [0.25, 0.3) is 0 Å². The summed E-state index contributed by atoms with van der Waals surface area (Å²) in [6, 6.07) is 9.93. The van der Waals surface area contributed by atoms with E-state index >= 15 is 0 Å². The van der Waals surface area contributed by atoms with Crippen molar-refractivity contribution in [2.45, 2.75) is 0 Å². The van der Waals surface area contributed by atoms with Gasteiger partial charge >= 0.3 is 5.97 Å². The maximum Gasteiger partial charge on any atom is 0.344 e. The van der Waals surface area contributed by atoms with Gasteiger partial charge in [-0.25, -0.2) is 14.2 Å². The first-order chi connectivity index (χ1) is 13.4. The molecule has 0 unspecified atom stereocenters. The summed E-state index contributed by atoms with van der Waals surface area (Å²) in [5, 5.41) is 20.4. The number of rotatable bonds is 4. The average Bonchev–Trinajstić information content (AvgIpc) is 2.99. The zero-order chi connectivity index (χ0) is 20.3. The number of aromatic hydroxyl groups is 1. The third-order valence-corrected chi connectivity index (χ3v) is 4.86. The van der Waals surface area contributed by atoms with Crippen LogP contribution < -0.4 is 4.74 Å². The number of hydrogen-bond acceptors (Lipinski definition) is 7. The van der Waals surface area contributed by atoms with Crippen molar-refractivity contribution < 1.29 is 28.9 Å². The van der Waals surface area contributed by atoms with Crippen molar-refractivity contribution in [2.75, 3.05) is 14.2 Å². The molecular weight excluding hydrogens is 385 g/mol. The van der Waals surface area contributed by atoms with E-state index in [-0.39, 0.29) is 22.1 Å². The van der Waals surface area contributed by atoms with Crippen LogP contribution in [0.15, 0.2) is 63.7 Å². The number of aliphatic hydroxyl groups excluding tert-OH is 1. The molecule has 28 heavy (non-hydrogen) atoms. The minimum absolute atomic E-state index is 0.0339. The molecule has 0 amide bonds. The zero-order valence-electron chi connectivity index (χ0n) is 15.0. The Morgan fingerprint density at radius 1 is 1.14 bits per heavy atom. The van der Waals surface area contributed by atoms with Gasteiger partial charge in [0.15, 0.2) is 0 Å². The van der Waals surface area contributed by atoms with Crippen LogP contribution in [0.25, 0.3) is 6.08 Å². The molecule has 0 bridgehead atoms. The molecule has 1 aliphatic heterocycles. The van der Waals surface area contributed by atoms with Crippen LogP contribution in [0.4, 0.5) is 10.1 Å². The second-order valence-corrected chi connectivity index (χ2v) is 6.68. The van der Waals surface area contributed by atoms with Crippen LogP contribution in [0.3, 0.4) is 0 Å². The molecule has 0 fully saturated rings. The second-order valence-electron chi connectivity index (χ2n) is 5.65. The molecule has 0 saturated heterocycles. The lowest BCUT2D eigenvalue weighted by Gasteiger charge is -2.06. The number of carbonyl (C=O) groups is 1. The van der Waals surface area contributed by atoms with E-state index < -0.39 is 11.8 Å². The van der Waals surface area contributed by atoms with E-state index in [1.54, 1.807) is 12.1 Å². The highest BCUT2D eigenvalue weighted by Gasteiger charge is 2.33. The van der Waals surface area contributed by atoms with Crippen LogP contribution in [-0.2, 0) is 9.53 Å². The van der Waals surface area contributed by atoms with Crippen molar-refractivity contribution in [3.8, 4) is 11.5 Å². The third kappa shape index (κ3) is 4.01. The number of benzene rings is 2. The second kappa shape index (κ2) is 8.18. The number of carbonyl (C=O) groups excluding carboxylic acids is 1. The molecule has 0 radical (unpaired) electrons. The highest BCUT2D eigenvalue weighted by molar-refractivity contribution is 8.18. The van der Waals surface area contributed by atoms with Gasteiger partial charge in [0.2, 0.25) is 0 Å². The van der Waals surface area contributed by atoms with Gasteiger partial charge in [-0.15, -0.1) is 0 Å². The molecule has 0 aromatic heterocycles. The van der Waals surface area contributed by atoms with Crippen LogP contribution in [-0.4, -0.2) is 35.4 Å². The number of methoxy groups -OCH3 is 2. The number of ether oxygens (including phenoxy) is 2. The zero-order valence-corrected chi connectivity index (χ0v) is 15.8. The quantitative estimate of drug-likeness (QED) is 0.741. The Morgan fingerprint density at radius 3 is 2.50 bits per heavy atom. The van der Waals surface area contributed by atoms with E-state index in [9.17, 15) is 19.4 Å². The van der Waals surface area contributed by atoms with Crippen LogP contribution >= 0.6 is 11.8 Å². The highest BCUT2D eigenvalue weighted by Crippen LogP contribution is 2.41. The maximum absolute atomic E-state index is 13.1. The molecule has 0 spiro atoms. The lowest BCUT2D eigenvalue weighted by Crippen LogP contribution is -2.10. The van der Waals surface area contributed by atoms with Crippen molar-refractivity contribution in [3.63, 3.8) is 0 Å². The summed E-state index contributed by atoms with van der Waals surface area (Å²) in [5.41, 5.74) is 0.920. The molecule has 144 valence electrons. The van der Waals surface area contributed by atoms with Crippen LogP contribution in [0.5, 0.6) is 11.5 Å². The first-order valence-electron chi connectivity index (χ1n) is 8.06. The van der Waals surface area contributed by atoms with Gasteiger partial charge in [-0.3, -0.25) is 0 Å². The fraction of sp³-hybridized carbons (Fsp3) is 0.100. The van der Waals surface area contributed by atoms with E-state index in [2.05, 4.69) is 4.99 Å². The van der Waals surface area contributed by atoms with Crippen molar-refractivity contribution in [2.24, 2.45) is 4.99 Å². The van der Waals surface area contributed by atoms with E-state index in [1.807, 2.05) is 0 Å². The molecule has 0 saturated carbocycles. The van der Waals surface area contributed by atoms with Crippen LogP contribution in [0.1, 0.15) is 5.56 Å². The Hall–Kier alpha value is -3.26. The molecule has 3 rings (SSSR count). The monoisotopic (exact) mass is 401 g/mol. The number of esters is 1. The number of aliphatic hydroxyl groups is 1. The molecule has 1 heterocycles. The molecule has 2 aromatic rings. The van der Waals surface area contributed by atoms with E-state index in [0.717, 1.165) is 11.8 Å². The van der Waals surface area contributed by atoms with Gasteiger partial charge in [0.1, 0.15) is 33.7 Å². The lowest BCUT2D eigenvalue weighted by molar-refractivity contribution is -0.135. The molecule has 1 aliphatic rings. The molecule has 0 atom stereocenters. The number of phenols is 1. The lowest BCUT2D eigenvalue weighted by atomic mass is 10.1. The normalized spacial score (nSPS) is 16.7. The van der Waals surface area contributed by atoms with E-state index in [1.165, 1.54) is 50.6 Å². The first kappa shape index (κ1) is 19.5. The van der Waals surface area contributed by atoms with Gasteiger partial charge in [-0.1, -0.05) is 11.8 Å². The third-order valence-electron chi connectivity index (χ3n) is 3.84. The summed E-state index contributed by atoms with van der Waals surface area (Å²) < 4.78 is 23.1. The SMILES string of the molecule is COC(=O)C1=C(O)C(=Cc2ccc(O)cc2OC)SC1=Nc1ccc(F)cc1. The Morgan fingerprint density at radius 2 is 1.86 bits per heavy atom. The summed E-state index contributed by atoms with van der Waals surface area (Å²) in [4.78, 5) is 16.8. The number of hydrogen-bond donors (Lipinski definition) is 2.